The molecule has 0 atom stereocenters. The van der Waals surface area contributed by atoms with Crippen LogP contribution in [0.2, 0.25) is 0 Å². The zero-order valence-electron chi connectivity index (χ0n) is 9.91. The molecule has 0 amide bonds. The first-order valence-corrected chi connectivity index (χ1v) is 10.4. The molecule has 0 aromatic rings. The van der Waals surface area contributed by atoms with E-state index in [4.69, 9.17) is 9.05 Å². The molecule has 0 aromatic heterocycles. The molecule has 0 N–H and O–H groups in total. The van der Waals surface area contributed by atoms with E-state index in [9.17, 15) is 9.46 Å². The lowest BCUT2D eigenvalue weighted by molar-refractivity contribution is 0.125. The number of hydrogen-bond acceptors (Lipinski definition) is 3. The second-order valence-electron chi connectivity index (χ2n) is 3.61. The lowest BCUT2D eigenvalue weighted by atomic mass is 10.3. The number of hydrogen-bond donors (Lipinski definition) is 0. The van der Waals surface area contributed by atoms with Crippen LogP contribution in [-0.2, 0) is 18.5 Å². The van der Waals surface area contributed by atoms with E-state index in [1.165, 1.54) is 0 Å². The Balaban J connectivity index is 3.42. The Morgan fingerprint density at radius 1 is 0.765 bits per heavy atom. The van der Waals surface area contributed by atoms with Crippen molar-refractivity contribution in [3.8, 4) is 0 Å². The van der Waals surface area contributed by atoms with E-state index in [2.05, 4.69) is 45.2 Å². The van der Waals surface area contributed by atoms with Gasteiger partial charge in [-0.15, -0.1) is 4.89 Å². The van der Waals surface area contributed by atoms with Gasteiger partial charge >= 0.3 is 7.82 Å². The largest absolute Gasteiger partial charge is 0.502 e. The fraction of sp³-hybridized carbons (Fsp3) is 1.00. The van der Waals surface area contributed by atoms with Gasteiger partial charge in [-0.3, -0.25) is 9.05 Å². The van der Waals surface area contributed by atoms with Gasteiger partial charge in [0, 0.05) is 0 Å². The van der Waals surface area contributed by atoms with Crippen LogP contribution < -0.4 is 0 Å². The van der Waals surface area contributed by atoms with Crippen LogP contribution in [0.4, 0.5) is 0 Å². The molecule has 0 spiro atoms. The molecule has 0 fully saturated rings. The van der Waals surface area contributed by atoms with E-state index in [1.807, 2.05) is 0 Å². The van der Waals surface area contributed by atoms with Gasteiger partial charge in [-0.2, -0.15) is 0 Å². The summed E-state index contributed by atoms with van der Waals surface area (Å²) in [6, 6.07) is 0. The molecule has 0 saturated carbocycles. The molecule has 17 heavy (non-hydrogen) atoms. The van der Waals surface area contributed by atoms with Crippen LogP contribution in [0.3, 0.4) is 0 Å². The maximum absolute atomic E-state index is 11.3. The minimum absolute atomic E-state index is 0.241. The van der Waals surface area contributed by atoms with Crippen molar-refractivity contribution in [3.63, 3.8) is 0 Å². The summed E-state index contributed by atoms with van der Waals surface area (Å²) >= 11 is 4.60. The molecular formula is C10H20I2O4P. The van der Waals surface area contributed by atoms with Gasteiger partial charge in [-0.1, -0.05) is 58.0 Å². The Hall–Kier alpha value is 1.57. The minimum Gasteiger partial charge on any atom is -0.285 e. The number of alkyl halides is 2. The summed E-state index contributed by atoms with van der Waals surface area (Å²) in [6.45, 7) is 0.482. The molecule has 0 aromatic carbocycles. The highest BCUT2D eigenvalue weighted by Crippen LogP contribution is 2.44. The van der Waals surface area contributed by atoms with E-state index >= 15 is 0 Å². The predicted octanol–water partition coefficient (Wildman–Crippen LogP) is 4.77. The van der Waals surface area contributed by atoms with Crippen molar-refractivity contribution in [1.82, 2.24) is 0 Å². The number of unbranched alkanes of at least 4 members (excludes halogenated alkanes) is 4. The molecule has 1 radical (unpaired) electrons. The molecule has 0 aliphatic carbocycles. The summed E-state index contributed by atoms with van der Waals surface area (Å²) in [4.78, 5) is 11.3. The van der Waals surface area contributed by atoms with Crippen molar-refractivity contribution in [3.05, 3.63) is 0 Å². The van der Waals surface area contributed by atoms with Crippen LogP contribution in [0.1, 0.15) is 38.5 Å². The standard InChI is InChI=1S/C10H20I2O4P/c11-7-3-1-5-9-15-17(13,14)16-10-6-2-4-8-12/h1-10H2. The summed E-state index contributed by atoms with van der Waals surface area (Å²) in [5, 5.41) is 0. The maximum atomic E-state index is 11.3. The minimum atomic E-state index is -4.04. The van der Waals surface area contributed by atoms with E-state index in [0.29, 0.717) is 0 Å². The molecule has 0 saturated heterocycles. The van der Waals surface area contributed by atoms with Crippen molar-refractivity contribution < 1.29 is 18.5 Å². The summed E-state index contributed by atoms with van der Waals surface area (Å²) in [7, 11) is -4.04. The molecule has 0 aliphatic rings. The first kappa shape index (κ1) is 18.6. The fourth-order valence-corrected chi connectivity index (χ4v) is 3.00. The normalized spacial score (nSPS) is 11.9. The second-order valence-corrected chi connectivity index (χ2v) is 7.18. The van der Waals surface area contributed by atoms with E-state index in [-0.39, 0.29) is 13.2 Å². The molecule has 7 heteroatoms. The fourth-order valence-electron chi connectivity index (χ4n) is 1.14. The summed E-state index contributed by atoms with van der Waals surface area (Å²) in [5.74, 6) is 0. The third kappa shape index (κ3) is 13.8. The maximum Gasteiger partial charge on any atom is 0.502 e. The lowest BCUT2D eigenvalue weighted by Crippen LogP contribution is -1.98. The third-order valence-electron chi connectivity index (χ3n) is 2.05. The smallest absolute Gasteiger partial charge is 0.285 e. The highest BCUT2D eigenvalue weighted by atomic mass is 127. The topological polar surface area (TPSA) is 55.4 Å². The third-order valence-corrected chi connectivity index (χ3v) is 4.58. The van der Waals surface area contributed by atoms with Crippen molar-refractivity contribution >= 4 is 53.0 Å². The average molecular weight is 489 g/mol. The molecule has 0 heterocycles. The molecule has 0 unspecified atom stereocenters. The Morgan fingerprint density at radius 2 is 1.18 bits per heavy atom. The van der Waals surface area contributed by atoms with E-state index < -0.39 is 7.82 Å². The van der Waals surface area contributed by atoms with Gasteiger partial charge in [-0.05, 0) is 34.5 Å². The number of halogens is 2. The summed E-state index contributed by atoms with van der Waals surface area (Å²) in [6.07, 6.45) is 5.74. The van der Waals surface area contributed by atoms with Gasteiger partial charge in [0.05, 0.1) is 13.2 Å². The number of rotatable bonds is 12. The van der Waals surface area contributed by atoms with Gasteiger partial charge in [0.1, 0.15) is 0 Å². The van der Waals surface area contributed by atoms with Crippen molar-refractivity contribution in [2.24, 2.45) is 0 Å². The highest BCUT2D eigenvalue weighted by molar-refractivity contribution is 14.1. The summed E-state index contributed by atoms with van der Waals surface area (Å²) < 4.78 is 23.0. The molecule has 103 valence electrons. The molecule has 0 rings (SSSR count). The Kier molecular flexibility index (Phi) is 13.8. The lowest BCUT2D eigenvalue weighted by Gasteiger charge is -2.09. The zero-order chi connectivity index (χ0) is 13.0. The van der Waals surface area contributed by atoms with Gasteiger partial charge in [-0.25, -0.2) is 4.57 Å². The van der Waals surface area contributed by atoms with E-state index in [0.717, 1.165) is 47.4 Å². The van der Waals surface area contributed by atoms with Crippen LogP contribution in [0.15, 0.2) is 0 Å². The van der Waals surface area contributed by atoms with Gasteiger partial charge in [0.25, 0.3) is 0 Å². The van der Waals surface area contributed by atoms with Crippen LogP contribution in [-0.4, -0.2) is 22.1 Å². The monoisotopic (exact) mass is 489 g/mol. The van der Waals surface area contributed by atoms with Crippen LogP contribution >= 0.6 is 53.0 Å². The van der Waals surface area contributed by atoms with Gasteiger partial charge < -0.3 is 0 Å². The van der Waals surface area contributed by atoms with E-state index in [1.54, 1.807) is 0 Å². The van der Waals surface area contributed by atoms with Crippen LogP contribution in [0.25, 0.3) is 0 Å². The molecule has 0 aliphatic heterocycles. The summed E-state index contributed by atoms with van der Waals surface area (Å²) in [5.41, 5.74) is 0. The predicted molar refractivity (Wildman–Crippen MR) is 85.7 cm³/mol. The highest BCUT2D eigenvalue weighted by Gasteiger charge is 2.22. The van der Waals surface area contributed by atoms with Crippen molar-refractivity contribution in [1.29, 1.82) is 0 Å². The van der Waals surface area contributed by atoms with Crippen LogP contribution in [0.5, 0.6) is 0 Å². The Morgan fingerprint density at radius 3 is 1.53 bits per heavy atom. The average Bonchev–Trinajstić information content (AvgIpc) is 2.28. The quantitative estimate of drug-likeness (QED) is 0.172. The Labute approximate surface area is 131 Å². The SMILES string of the molecule is [O]P(=O)(OCCCCCI)OCCCCCI. The second kappa shape index (κ2) is 12.6. The van der Waals surface area contributed by atoms with Gasteiger partial charge in [0.15, 0.2) is 0 Å². The van der Waals surface area contributed by atoms with Crippen LogP contribution in [0, 0.1) is 0 Å². The Bertz CT molecular complexity index is 198. The van der Waals surface area contributed by atoms with Crippen molar-refractivity contribution in [2.75, 3.05) is 22.1 Å². The first-order valence-electron chi connectivity index (χ1n) is 5.84. The van der Waals surface area contributed by atoms with Gasteiger partial charge in [0.2, 0.25) is 0 Å². The first-order chi connectivity index (χ1) is 8.12. The zero-order valence-corrected chi connectivity index (χ0v) is 15.1. The van der Waals surface area contributed by atoms with Crippen molar-refractivity contribution in [2.45, 2.75) is 38.5 Å². The molecule has 4 nitrogen and oxygen atoms in total. The molecular weight excluding hydrogens is 469 g/mol. The molecule has 0 bridgehead atoms.